The van der Waals surface area contributed by atoms with Crippen molar-refractivity contribution in [3.8, 4) is 0 Å². The van der Waals surface area contributed by atoms with E-state index in [1.165, 1.54) is 0 Å². The quantitative estimate of drug-likeness (QED) is 0.716. The zero-order valence-corrected chi connectivity index (χ0v) is 6.77. The number of carboxylic acid groups (broad SMARTS) is 1. The van der Waals surface area contributed by atoms with Gasteiger partial charge in [0.05, 0.1) is 5.56 Å². The lowest BCUT2D eigenvalue weighted by molar-refractivity contribution is 0.0699. The zero-order valence-electron chi connectivity index (χ0n) is 6.77. The number of carboxylic acids is 1. The molecule has 2 aromatic rings. The van der Waals surface area contributed by atoms with Gasteiger partial charge in [0, 0.05) is 17.8 Å². The molecular formula is C10H7NO2. The van der Waals surface area contributed by atoms with E-state index in [1.54, 1.807) is 30.6 Å². The van der Waals surface area contributed by atoms with Crippen LogP contribution in [0.15, 0.2) is 36.7 Å². The number of nitrogens with zero attached hydrogens (tertiary/aromatic N) is 1. The maximum absolute atomic E-state index is 10.8. The Hall–Kier alpha value is -1.90. The molecule has 1 heterocycles. The molecule has 0 fully saturated rings. The second kappa shape index (κ2) is 2.86. The molecule has 0 saturated carbocycles. The lowest BCUT2D eigenvalue weighted by atomic mass is 10.1. The third-order valence-electron chi connectivity index (χ3n) is 1.91. The highest BCUT2D eigenvalue weighted by Gasteiger charge is 2.06. The lowest BCUT2D eigenvalue weighted by Gasteiger charge is -1.99. The van der Waals surface area contributed by atoms with E-state index in [9.17, 15) is 4.79 Å². The maximum Gasteiger partial charge on any atom is 0.336 e. The van der Waals surface area contributed by atoms with Crippen molar-refractivity contribution >= 4 is 16.7 Å². The summed E-state index contributed by atoms with van der Waals surface area (Å²) < 4.78 is 0. The summed E-state index contributed by atoms with van der Waals surface area (Å²) in [5.74, 6) is -0.906. The molecule has 0 aliphatic rings. The van der Waals surface area contributed by atoms with Gasteiger partial charge in [-0.2, -0.15) is 0 Å². The molecule has 0 saturated heterocycles. The Balaban J connectivity index is 2.83. The van der Waals surface area contributed by atoms with Gasteiger partial charge in [0.2, 0.25) is 0 Å². The number of benzene rings is 1. The highest BCUT2D eigenvalue weighted by molar-refractivity contribution is 6.03. The molecule has 0 amide bonds. The maximum atomic E-state index is 10.8. The average Bonchev–Trinajstić information content (AvgIpc) is 2.17. The van der Waals surface area contributed by atoms with Crippen molar-refractivity contribution in [2.24, 2.45) is 0 Å². The normalized spacial score (nSPS) is 10.2. The third-order valence-corrected chi connectivity index (χ3v) is 1.91. The first kappa shape index (κ1) is 7.73. The highest BCUT2D eigenvalue weighted by atomic mass is 16.4. The van der Waals surface area contributed by atoms with Crippen LogP contribution in [0, 0.1) is 0 Å². The number of aromatic carboxylic acids is 1. The Bertz CT molecular complexity index is 460. The fourth-order valence-electron chi connectivity index (χ4n) is 1.31. The molecule has 0 spiro atoms. The third kappa shape index (κ3) is 1.24. The Labute approximate surface area is 74.7 Å². The van der Waals surface area contributed by atoms with Gasteiger partial charge in [0.15, 0.2) is 0 Å². The van der Waals surface area contributed by atoms with Gasteiger partial charge < -0.3 is 5.11 Å². The first-order chi connectivity index (χ1) is 6.29. The van der Waals surface area contributed by atoms with Crippen LogP contribution in [0.2, 0.25) is 0 Å². The van der Waals surface area contributed by atoms with Gasteiger partial charge in [-0.05, 0) is 17.5 Å². The summed E-state index contributed by atoms with van der Waals surface area (Å²) in [6, 6.07) is 6.85. The van der Waals surface area contributed by atoms with Gasteiger partial charge in [-0.3, -0.25) is 4.98 Å². The number of pyridine rings is 1. The van der Waals surface area contributed by atoms with Crippen LogP contribution in [0.5, 0.6) is 0 Å². The molecule has 1 N–H and O–H groups in total. The molecule has 2 rings (SSSR count). The van der Waals surface area contributed by atoms with E-state index in [1.807, 2.05) is 6.07 Å². The summed E-state index contributed by atoms with van der Waals surface area (Å²) in [6.45, 7) is 0. The molecule has 3 nitrogen and oxygen atoms in total. The first-order valence-corrected chi connectivity index (χ1v) is 3.85. The van der Waals surface area contributed by atoms with E-state index in [-0.39, 0.29) is 0 Å². The minimum absolute atomic E-state index is 0.319. The van der Waals surface area contributed by atoms with Gasteiger partial charge in [0.1, 0.15) is 0 Å². The van der Waals surface area contributed by atoms with Crippen molar-refractivity contribution in [1.29, 1.82) is 0 Å². The second-order valence-electron chi connectivity index (χ2n) is 2.71. The minimum atomic E-state index is -0.906. The molecule has 0 bridgehead atoms. The van der Waals surface area contributed by atoms with Crippen LogP contribution in [0.25, 0.3) is 10.8 Å². The number of rotatable bonds is 1. The van der Waals surface area contributed by atoms with Crippen molar-refractivity contribution in [1.82, 2.24) is 4.98 Å². The number of carbonyl (C=O) groups is 1. The summed E-state index contributed by atoms with van der Waals surface area (Å²) >= 11 is 0. The predicted molar refractivity (Wildman–Crippen MR) is 48.7 cm³/mol. The van der Waals surface area contributed by atoms with E-state index in [0.29, 0.717) is 5.56 Å². The summed E-state index contributed by atoms with van der Waals surface area (Å²) in [7, 11) is 0. The molecule has 13 heavy (non-hydrogen) atoms. The number of hydrogen-bond donors (Lipinski definition) is 1. The Morgan fingerprint density at radius 3 is 2.92 bits per heavy atom. The van der Waals surface area contributed by atoms with Crippen molar-refractivity contribution in [3.05, 3.63) is 42.2 Å². The van der Waals surface area contributed by atoms with Crippen molar-refractivity contribution < 1.29 is 9.90 Å². The van der Waals surface area contributed by atoms with Gasteiger partial charge in [0.25, 0.3) is 0 Å². The van der Waals surface area contributed by atoms with E-state index < -0.39 is 5.97 Å². The Morgan fingerprint density at radius 1 is 1.31 bits per heavy atom. The van der Waals surface area contributed by atoms with Gasteiger partial charge in [-0.15, -0.1) is 0 Å². The molecule has 0 unspecified atom stereocenters. The molecule has 0 radical (unpaired) electrons. The van der Waals surface area contributed by atoms with Crippen LogP contribution in [-0.4, -0.2) is 16.1 Å². The summed E-state index contributed by atoms with van der Waals surface area (Å²) in [4.78, 5) is 14.7. The van der Waals surface area contributed by atoms with Crippen LogP contribution < -0.4 is 0 Å². The van der Waals surface area contributed by atoms with Crippen molar-refractivity contribution in [2.75, 3.05) is 0 Å². The number of hydrogen-bond acceptors (Lipinski definition) is 2. The van der Waals surface area contributed by atoms with Gasteiger partial charge in [-0.25, -0.2) is 4.79 Å². The van der Waals surface area contributed by atoms with Crippen molar-refractivity contribution in [2.45, 2.75) is 0 Å². The van der Waals surface area contributed by atoms with Gasteiger partial charge >= 0.3 is 5.97 Å². The van der Waals surface area contributed by atoms with Crippen LogP contribution >= 0.6 is 0 Å². The number of fused-ring (bicyclic) bond motifs is 1. The van der Waals surface area contributed by atoms with E-state index in [2.05, 4.69) is 4.98 Å². The summed E-state index contributed by atoms with van der Waals surface area (Å²) in [5.41, 5.74) is 0.319. The predicted octanol–water partition coefficient (Wildman–Crippen LogP) is 1.93. The standard InChI is InChI=1S/C10H7NO2/c12-10(13)9-3-1-2-7-6-11-5-4-8(7)9/h1-6H,(H,12,13). The van der Waals surface area contributed by atoms with Crippen LogP contribution in [0.1, 0.15) is 10.4 Å². The van der Waals surface area contributed by atoms with Crippen LogP contribution in [0.4, 0.5) is 0 Å². The average molecular weight is 173 g/mol. The molecule has 3 heteroatoms. The monoisotopic (exact) mass is 173 g/mol. The Morgan fingerprint density at radius 2 is 2.15 bits per heavy atom. The van der Waals surface area contributed by atoms with Gasteiger partial charge in [-0.1, -0.05) is 12.1 Å². The molecule has 0 aliphatic carbocycles. The van der Waals surface area contributed by atoms with E-state index in [0.717, 1.165) is 10.8 Å². The van der Waals surface area contributed by atoms with Crippen molar-refractivity contribution in [3.63, 3.8) is 0 Å². The fraction of sp³-hybridized carbons (Fsp3) is 0. The number of aromatic nitrogens is 1. The zero-order chi connectivity index (χ0) is 9.26. The van der Waals surface area contributed by atoms with E-state index in [4.69, 9.17) is 5.11 Å². The van der Waals surface area contributed by atoms with Crippen LogP contribution in [-0.2, 0) is 0 Å². The SMILES string of the molecule is O=C(O)c1cccc2cnccc12. The molecule has 1 aromatic carbocycles. The smallest absolute Gasteiger partial charge is 0.336 e. The van der Waals surface area contributed by atoms with Crippen LogP contribution in [0.3, 0.4) is 0 Å². The molecule has 0 aliphatic heterocycles. The molecule has 0 atom stereocenters. The fourth-order valence-corrected chi connectivity index (χ4v) is 1.31. The second-order valence-corrected chi connectivity index (χ2v) is 2.71. The summed E-state index contributed by atoms with van der Waals surface area (Å²) in [5, 5.41) is 10.4. The summed E-state index contributed by atoms with van der Waals surface area (Å²) in [6.07, 6.45) is 3.25. The van der Waals surface area contributed by atoms with E-state index >= 15 is 0 Å². The molecule has 64 valence electrons. The Kier molecular flexibility index (Phi) is 1.70. The molecule has 1 aromatic heterocycles. The lowest BCUT2D eigenvalue weighted by Crippen LogP contribution is -1.96. The minimum Gasteiger partial charge on any atom is -0.478 e. The highest BCUT2D eigenvalue weighted by Crippen LogP contribution is 2.16. The first-order valence-electron chi connectivity index (χ1n) is 3.85. The largest absolute Gasteiger partial charge is 0.478 e. The molecular weight excluding hydrogens is 166 g/mol. The topological polar surface area (TPSA) is 50.2 Å².